The van der Waals surface area contributed by atoms with Gasteiger partial charge in [-0.15, -0.1) is 24.8 Å². The first-order valence-electron chi connectivity index (χ1n) is 15.7. The maximum Gasteiger partial charge on any atom is 0.410 e. The van der Waals surface area contributed by atoms with Gasteiger partial charge in [0, 0.05) is 51.2 Å². The highest BCUT2D eigenvalue weighted by molar-refractivity contribution is 5.85. The maximum absolute atomic E-state index is 15.5. The zero-order valence-corrected chi connectivity index (χ0v) is 29.6. The molecule has 2 aliphatic rings. The number of aromatic nitrogens is 2. The van der Waals surface area contributed by atoms with Crippen LogP contribution >= 0.6 is 24.8 Å². The van der Waals surface area contributed by atoms with Crippen LogP contribution in [0.25, 0.3) is 0 Å². The van der Waals surface area contributed by atoms with Gasteiger partial charge in [-0.05, 0) is 82.8 Å². The van der Waals surface area contributed by atoms with E-state index >= 15 is 4.39 Å². The SMILES string of the molecule is Cc1cc(C[C@@H](O)CO)cnc1C1(F)CCN(C(=O)OC(C)(C)C)CC1.Cc1cc(C[C@@H](O)CO)cnc1C1(F)CCNCC1.Cl.Cl. The van der Waals surface area contributed by atoms with Crippen LogP contribution in [0.3, 0.4) is 0 Å². The second-order valence-corrected chi connectivity index (χ2v) is 13.2. The van der Waals surface area contributed by atoms with Crippen LogP contribution in [0, 0.1) is 13.8 Å². The third kappa shape index (κ3) is 12.3. The Bertz CT molecular complexity index is 1270. The second kappa shape index (κ2) is 18.5. The van der Waals surface area contributed by atoms with E-state index in [4.69, 9.17) is 14.9 Å². The number of likely N-dealkylation sites (tertiary alicyclic amines) is 1. The fourth-order valence-electron chi connectivity index (χ4n) is 5.77. The molecule has 2 fully saturated rings. The van der Waals surface area contributed by atoms with Crippen LogP contribution in [0.15, 0.2) is 24.5 Å². The van der Waals surface area contributed by atoms with Gasteiger partial charge in [0.05, 0.1) is 36.8 Å². The van der Waals surface area contributed by atoms with Crippen molar-refractivity contribution in [3.63, 3.8) is 0 Å². The van der Waals surface area contributed by atoms with Crippen molar-refractivity contribution >= 4 is 30.9 Å². The number of amides is 1. The van der Waals surface area contributed by atoms with Crippen LogP contribution in [-0.4, -0.2) is 98.6 Å². The fourth-order valence-corrected chi connectivity index (χ4v) is 5.77. The number of piperidine rings is 2. The lowest BCUT2D eigenvalue weighted by Gasteiger charge is -2.37. The molecule has 0 aromatic carbocycles. The first-order chi connectivity index (χ1) is 21.1. The minimum Gasteiger partial charge on any atom is -0.444 e. The summed E-state index contributed by atoms with van der Waals surface area (Å²) in [5.74, 6) is 0. The molecule has 1 amide bonds. The number of nitrogens with zero attached hydrogens (tertiary/aromatic N) is 3. The van der Waals surface area contributed by atoms with Crippen molar-refractivity contribution < 1.29 is 38.7 Å². The Hall–Kier alpha value is -2.19. The zero-order valence-electron chi connectivity index (χ0n) is 28.0. The first kappa shape index (κ1) is 42.8. The monoisotopic (exact) mass is 708 g/mol. The molecule has 10 nitrogen and oxygen atoms in total. The Kier molecular flexibility index (Phi) is 16.9. The molecule has 0 bridgehead atoms. The van der Waals surface area contributed by atoms with Gasteiger partial charge >= 0.3 is 6.09 Å². The van der Waals surface area contributed by atoms with Crippen LogP contribution in [0.5, 0.6) is 0 Å². The summed E-state index contributed by atoms with van der Waals surface area (Å²) in [6.45, 7) is 10.3. The molecule has 0 spiro atoms. The van der Waals surface area contributed by atoms with E-state index in [9.17, 15) is 19.4 Å². The fraction of sp³-hybridized carbons (Fsp3) is 0.667. The molecule has 2 aromatic rings. The lowest BCUT2D eigenvalue weighted by molar-refractivity contribution is 0.00111. The number of aliphatic hydroxyl groups excluding tert-OH is 4. The maximum atomic E-state index is 15.5. The van der Waals surface area contributed by atoms with Crippen molar-refractivity contribution in [2.45, 2.75) is 102 Å². The smallest absolute Gasteiger partial charge is 0.410 e. The second-order valence-electron chi connectivity index (χ2n) is 13.2. The average Bonchev–Trinajstić information content (AvgIpc) is 2.97. The number of carbonyl (C=O) groups is 1. The molecular formula is C33H52Cl2F2N4O6. The van der Waals surface area contributed by atoms with E-state index in [0.717, 1.165) is 16.7 Å². The Morgan fingerprint density at radius 2 is 1.28 bits per heavy atom. The molecule has 5 N–H and O–H groups in total. The van der Waals surface area contributed by atoms with Crippen LogP contribution < -0.4 is 5.32 Å². The van der Waals surface area contributed by atoms with Crippen molar-refractivity contribution in [2.75, 3.05) is 39.4 Å². The molecule has 268 valence electrons. The average molecular weight is 710 g/mol. The lowest BCUT2D eigenvalue weighted by Crippen LogP contribution is -2.45. The van der Waals surface area contributed by atoms with E-state index in [0.29, 0.717) is 49.3 Å². The molecule has 0 radical (unpaired) electrons. The quantitative estimate of drug-likeness (QED) is 0.273. The van der Waals surface area contributed by atoms with E-state index in [1.54, 1.807) is 46.2 Å². The molecular weight excluding hydrogens is 657 g/mol. The number of halogens is 4. The van der Waals surface area contributed by atoms with Gasteiger partial charge in [-0.2, -0.15) is 0 Å². The summed E-state index contributed by atoms with van der Waals surface area (Å²) in [7, 11) is 0. The molecule has 4 rings (SSSR count). The summed E-state index contributed by atoms with van der Waals surface area (Å²) in [4.78, 5) is 22.2. The number of hydrogen-bond donors (Lipinski definition) is 5. The highest BCUT2D eigenvalue weighted by Gasteiger charge is 2.41. The minimum absolute atomic E-state index is 0. The van der Waals surface area contributed by atoms with E-state index in [1.165, 1.54) is 4.90 Å². The third-order valence-corrected chi connectivity index (χ3v) is 8.09. The van der Waals surface area contributed by atoms with Crippen LogP contribution in [0.1, 0.15) is 80.1 Å². The van der Waals surface area contributed by atoms with Crippen LogP contribution in [0.2, 0.25) is 0 Å². The van der Waals surface area contributed by atoms with Crippen LogP contribution in [-0.2, 0) is 28.9 Å². The number of nitrogens with one attached hydrogen (secondary N) is 1. The lowest BCUT2D eigenvalue weighted by atomic mass is 9.87. The van der Waals surface area contributed by atoms with Crippen molar-refractivity contribution in [3.8, 4) is 0 Å². The number of aliphatic hydroxyl groups is 4. The predicted octanol–water partition coefficient (Wildman–Crippen LogP) is 4.16. The van der Waals surface area contributed by atoms with Gasteiger partial charge in [-0.25, -0.2) is 13.6 Å². The molecule has 2 aromatic heterocycles. The van der Waals surface area contributed by atoms with E-state index < -0.39 is 35.2 Å². The Labute approximate surface area is 289 Å². The van der Waals surface area contributed by atoms with E-state index in [-0.39, 0.29) is 70.4 Å². The number of hydrogen-bond acceptors (Lipinski definition) is 9. The topological polar surface area (TPSA) is 148 Å². The van der Waals surface area contributed by atoms with Crippen molar-refractivity contribution in [2.24, 2.45) is 0 Å². The van der Waals surface area contributed by atoms with Gasteiger partial charge in [0.25, 0.3) is 0 Å². The third-order valence-electron chi connectivity index (χ3n) is 8.09. The summed E-state index contributed by atoms with van der Waals surface area (Å²) < 4.78 is 35.6. The number of pyridine rings is 2. The number of carbonyl (C=O) groups excluding carboxylic acids is 1. The molecule has 0 aliphatic carbocycles. The standard InChI is InChI=1S/C19H29FN2O4.C14H21FN2O2.2ClH/c1-13-9-14(10-15(24)12-23)11-21-16(13)19(20)5-7-22(8-6-19)17(25)26-18(2,3)4;1-10-6-11(7-12(19)9-18)8-17-13(10)14(15)2-4-16-5-3-14;;/h9,11,15,23-24H,5-8,10,12H2,1-4H3;6,8,12,16,18-19H,2-5,7,9H2,1H3;2*1H/t15-;12-;;/m11../s1. The molecule has 0 saturated carbocycles. The van der Waals surface area contributed by atoms with E-state index in [1.807, 2.05) is 13.0 Å². The molecule has 4 heterocycles. The molecule has 2 atom stereocenters. The largest absolute Gasteiger partial charge is 0.444 e. The molecule has 14 heteroatoms. The molecule has 2 saturated heterocycles. The molecule has 0 unspecified atom stereocenters. The summed E-state index contributed by atoms with van der Waals surface area (Å²) in [5, 5.41) is 39.8. The van der Waals surface area contributed by atoms with E-state index in [2.05, 4.69) is 15.3 Å². The van der Waals surface area contributed by atoms with Gasteiger partial charge in [-0.3, -0.25) is 9.97 Å². The number of rotatable bonds is 8. The van der Waals surface area contributed by atoms with Gasteiger partial charge in [0.15, 0.2) is 11.3 Å². The highest BCUT2D eigenvalue weighted by atomic mass is 35.5. The normalized spacial score (nSPS) is 18.4. The minimum atomic E-state index is -1.59. The van der Waals surface area contributed by atoms with Crippen molar-refractivity contribution in [1.29, 1.82) is 0 Å². The number of ether oxygens (including phenoxy) is 1. The van der Waals surface area contributed by atoms with Gasteiger partial charge < -0.3 is 35.4 Å². The summed E-state index contributed by atoms with van der Waals surface area (Å²) in [5.41, 5.74) is 0.477. The van der Waals surface area contributed by atoms with Crippen molar-refractivity contribution in [3.05, 3.63) is 58.2 Å². The summed E-state index contributed by atoms with van der Waals surface area (Å²) >= 11 is 0. The highest BCUT2D eigenvalue weighted by Crippen LogP contribution is 2.38. The molecule has 2 aliphatic heterocycles. The Balaban J connectivity index is 0.000000470. The van der Waals surface area contributed by atoms with Gasteiger partial charge in [0.2, 0.25) is 0 Å². The number of aryl methyl sites for hydroxylation is 2. The summed E-state index contributed by atoms with van der Waals surface area (Å²) in [6, 6.07) is 3.65. The van der Waals surface area contributed by atoms with Gasteiger partial charge in [-0.1, -0.05) is 12.1 Å². The van der Waals surface area contributed by atoms with Crippen LogP contribution in [0.4, 0.5) is 13.6 Å². The van der Waals surface area contributed by atoms with Gasteiger partial charge in [0.1, 0.15) is 5.60 Å². The van der Waals surface area contributed by atoms with Crippen molar-refractivity contribution in [1.82, 2.24) is 20.2 Å². The predicted molar refractivity (Wildman–Crippen MR) is 181 cm³/mol. The first-order valence-corrected chi connectivity index (χ1v) is 15.7. The zero-order chi connectivity index (χ0) is 33.4. The molecule has 47 heavy (non-hydrogen) atoms. The number of alkyl halides is 2. The summed E-state index contributed by atoms with van der Waals surface area (Å²) in [6.07, 6.45) is 2.92. The Morgan fingerprint density at radius 1 is 0.872 bits per heavy atom. The Morgan fingerprint density at radius 3 is 1.64 bits per heavy atom.